The molecule has 5 rings (SSSR count). The van der Waals surface area contributed by atoms with E-state index in [-0.39, 0.29) is 23.5 Å². The van der Waals surface area contributed by atoms with Gasteiger partial charge in [-0.25, -0.2) is 0 Å². The molecule has 0 spiro atoms. The average molecular weight is 457 g/mol. The molecule has 8 heteroatoms. The summed E-state index contributed by atoms with van der Waals surface area (Å²) in [5.74, 6) is -3.79. The number of nitrogens with zero attached hydrogens (tertiary/aromatic N) is 2. The maximum Gasteiger partial charge on any atom is 0.255 e. The van der Waals surface area contributed by atoms with Crippen molar-refractivity contribution in [3.05, 3.63) is 64.6 Å². The van der Waals surface area contributed by atoms with Crippen molar-refractivity contribution in [1.82, 2.24) is 15.1 Å². The van der Waals surface area contributed by atoms with Crippen LogP contribution in [0.15, 0.2) is 42.4 Å². The van der Waals surface area contributed by atoms with Crippen molar-refractivity contribution in [2.45, 2.75) is 38.5 Å². The molecule has 3 heterocycles. The van der Waals surface area contributed by atoms with Gasteiger partial charge in [-0.05, 0) is 29.6 Å². The van der Waals surface area contributed by atoms with Crippen molar-refractivity contribution in [2.75, 3.05) is 26.3 Å². The van der Waals surface area contributed by atoms with E-state index in [2.05, 4.69) is 4.90 Å². The molecule has 2 fully saturated rings. The second-order valence-corrected chi connectivity index (χ2v) is 7.97. The molecule has 0 bridgehead atoms. The van der Waals surface area contributed by atoms with Crippen molar-refractivity contribution in [3.8, 4) is 5.75 Å². The van der Waals surface area contributed by atoms with Crippen LogP contribution in [-0.4, -0.2) is 59.9 Å². The van der Waals surface area contributed by atoms with E-state index in [1.807, 2.05) is 24.3 Å². The summed E-state index contributed by atoms with van der Waals surface area (Å²) in [5, 5.41) is 1.78. The number of rotatable bonds is 6. The van der Waals surface area contributed by atoms with Gasteiger partial charge >= 0.3 is 0 Å². The molecule has 1 unspecified atom stereocenters. The van der Waals surface area contributed by atoms with Crippen molar-refractivity contribution >= 4 is 17.7 Å². The van der Waals surface area contributed by atoms with Crippen molar-refractivity contribution < 1.29 is 33.5 Å². The fraction of sp³-hybridized carbons (Fsp3) is 0.400. The topological polar surface area (TPSA) is 88.2 Å². The summed E-state index contributed by atoms with van der Waals surface area (Å²) in [6.07, 6.45) is -6.22. The van der Waals surface area contributed by atoms with Gasteiger partial charge in [-0.2, -0.15) is 0 Å². The average Bonchev–Trinajstić information content (AvgIpc) is 3.24. The van der Waals surface area contributed by atoms with Gasteiger partial charge in [0, 0.05) is 42.6 Å². The van der Waals surface area contributed by atoms with Gasteiger partial charge in [-0.15, -0.1) is 0 Å². The molecule has 33 heavy (non-hydrogen) atoms. The van der Waals surface area contributed by atoms with Crippen LogP contribution in [0.25, 0.3) is 0 Å². The number of morpholine rings is 1. The van der Waals surface area contributed by atoms with Gasteiger partial charge < -0.3 is 14.4 Å². The van der Waals surface area contributed by atoms with Gasteiger partial charge in [0.25, 0.3) is 5.91 Å². The molecule has 2 aromatic rings. The Morgan fingerprint density at radius 1 is 1.12 bits per heavy atom. The molecule has 3 amide bonds. The summed E-state index contributed by atoms with van der Waals surface area (Å²) < 4.78 is 68.5. The van der Waals surface area contributed by atoms with Gasteiger partial charge in [-0.3, -0.25) is 24.6 Å². The Hall–Kier alpha value is -3.23. The van der Waals surface area contributed by atoms with E-state index in [9.17, 15) is 14.4 Å². The summed E-state index contributed by atoms with van der Waals surface area (Å²) in [6.45, 7) is 3.37. The van der Waals surface area contributed by atoms with Crippen LogP contribution in [0.1, 0.15) is 49.4 Å². The first-order valence-corrected chi connectivity index (χ1v) is 10.6. The van der Waals surface area contributed by atoms with Crippen LogP contribution < -0.4 is 10.1 Å². The molecular weight excluding hydrogens is 422 g/mol. The van der Waals surface area contributed by atoms with Gasteiger partial charge in [0.05, 0.1) is 23.9 Å². The van der Waals surface area contributed by atoms with Gasteiger partial charge in [0.1, 0.15) is 18.4 Å². The molecule has 2 aromatic carbocycles. The summed E-state index contributed by atoms with van der Waals surface area (Å²) in [4.78, 5) is 41.0. The lowest BCUT2D eigenvalue weighted by Crippen LogP contribution is -2.52. The van der Waals surface area contributed by atoms with Crippen molar-refractivity contribution in [2.24, 2.45) is 0 Å². The van der Waals surface area contributed by atoms with Gasteiger partial charge in [0.2, 0.25) is 11.8 Å². The molecule has 8 nitrogen and oxygen atoms in total. The summed E-state index contributed by atoms with van der Waals surface area (Å²) in [5.41, 5.74) is 1.55. The largest absolute Gasteiger partial charge is 0.489 e. The third-order valence-electron chi connectivity index (χ3n) is 5.78. The first-order valence-electron chi connectivity index (χ1n) is 14.1. The highest BCUT2D eigenvalue weighted by atomic mass is 16.5. The molecule has 0 aromatic heterocycles. The minimum absolute atomic E-state index is 0.0249. The van der Waals surface area contributed by atoms with E-state index in [0.29, 0.717) is 13.2 Å². The second-order valence-electron chi connectivity index (χ2n) is 7.97. The number of nitrogens with one attached hydrogen (secondary N) is 1. The minimum atomic E-state index is -3.13. The highest BCUT2D eigenvalue weighted by molar-refractivity contribution is 6.05. The Kier molecular flexibility index (Phi) is 4.19. The highest BCUT2D eigenvalue weighted by Crippen LogP contribution is 2.34. The third-order valence-corrected chi connectivity index (χ3v) is 5.78. The smallest absolute Gasteiger partial charge is 0.255 e. The monoisotopic (exact) mass is 456 g/mol. The lowest BCUT2D eigenvalue weighted by Gasteiger charge is -2.29. The number of hydrogen-bond acceptors (Lipinski definition) is 6. The Morgan fingerprint density at radius 2 is 1.88 bits per heavy atom. The molecule has 0 aliphatic carbocycles. The van der Waals surface area contributed by atoms with E-state index in [0.717, 1.165) is 35.7 Å². The normalized spacial score (nSPS) is 27.3. The fourth-order valence-corrected chi connectivity index (χ4v) is 4.01. The summed E-state index contributed by atoms with van der Waals surface area (Å²) in [7, 11) is 0. The maximum atomic E-state index is 13.4. The number of piperidine rings is 1. The summed E-state index contributed by atoms with van der Waals surface area (Å²) in [6, 6.07) is 3.99. The van der Waals surface area contributed by atoms with Crippen molar-refractivity contribution in [1.29, 1.82) is 0 Å². The SMILES string of the molecule is [2H]c1c([2H])c(OCc2ccc(CN3CCOCC3)cc2)c2c(c1[2H])C(=O)N(C1C(=O)NC(=O)C([2H])([2H])C1([2H])[2H])C2. The molecule has 1 atom stereocenters. The van der Waals surface area contributed by atoms with Crippen LogP contribution in [0.5, 0.6) is 5.75 Å². The van der Waals surface area contributed by atoms with E-state index >= 15 is 0 Å². The molecule has 0 saturated carbocycles. The molecule has 172 valence electrons. The number of imide groups is 1. The highest BCUT2D eigenvalue weighted by Gasteiger charge is 2.40. The maximum absolute atomic E-state index is 13.4. The number of amides is 3. The molecule has 3 aliphatic rings. The molecule has 2 saturated heterocycles. The van der Waals surface area contributed by atoms with E-state index in [1.54, 1.807) is 5.32 Å². The Labute approximate surface area is 202 Å². The lowest BCUT2D eigenvalue weighted by atomic mass is 10.0. The van der Waals surface area contributed by atoms with Crippen LogP contribution in [0.3, 0.4) is 0 Å². The lowest BCUT2D eigenvalue weighted by molar-refractivity contribution is -0.136. The number of hydrogen-bond donors (Lipinski definition) is 1. The van der Waals surface area contributed by atoms with Gasteiger partial charge in [0.15, 0.2) is 0 Å². The second kappa shape index (κ2) is 9.33. The van der Waals surface area contributed by atoms with Crippen LogP contribution in [0.4, 0.5) is 0 Å². The zero-order valence-electron chi connectivity index (χ0n) is 24.8. The zero-order valence-corrected chi connectivity index (χ0v) is 17.8. The number of carbonyl (C=O) groups is 3. The Morgan fingerprint density at radius 3 is 2.67 bits per heavy atom. The van der Waals surface area contributed by atoms with E-state index < -0.39 is 61.2 Å². The number of carbonyl (C=O) groups excluding carboxylic acids is 3. The predicted octanol–water partition coefficient (Wildman–Crippen LogP) is 1.86. The Balaban J connectivity index is 1.39. The van der Waals surface area contributed by atoms with Crippen LogP contribution in [0.2, 0.25) is 0 Å². The molecule has 0 radical (unpaired) electrons. The third kappa shape index (κ3) is 4.62. The zero-order chi connectivity index (χ0) is 29.0. The standard InChI is InChI=1S/C25H27N3O5/c29-23-9-8-21(24(30)26-23)28-15-20-19(25(28)31)2-1-3-22(20)33-16-18-6-4-17(5-7-18)14-27-10-12-32-13-11-27/h1-7,21H,8-16H2,(H,26,29,30)/i1D,2D,3D,8D2,9D2. The van der Waals surface area contributed by atoms with Crippen LogP contribution >= 0.6 is 0 Å². The quantitative estimate of drug-likeness (QED) is 0.668. The number of ether oxygens (including phenoxy) is 2. The first-order chi connectivity index (χ1) is 18.8. The summed E-state index contributed by atoms with van der Waals surface area (Å²) >= 11 is 0. The molecule has 1 N–H and O–H groups in total. The fourth-order valence-electron chi connectivity index (χ4n) is 4.01. The number of fused-ring (bicyclic) bond motifs is 1. The number of benzene rings is 2. The van der Waals surface area contributed by atoms with Crippen molar-refractivity contribution in [3.63, 3.8) is 0 Å². The first kappa shape index (κ1) is 14.8. The van der Waals surface area contributed by atoms with Gasteiger partial charge in [-0.1, -0.05) is 30.3 Å². The van der Waals surface area contributed by atoms with Crippen LogP contribution in [-0.2, 0) is 34.0 Å². The van der Waals surface area contributed by atoms with Crippen LogP contribution in [0, 0.1) is 0 Å². The Bertz CT molecular complexity index is 1380. The van der Waals surface area contributed by atoms with E-state index in [1.165, 1.54) is 0 Å². The van der Waals surface area contributed by atoms with E-state index in [4.69, 9.17) is 19.1 Å². The predicted molar refractivity (Wildman–Crippen MR) is 119 cm³/mol. The minimum Gasteiger partial charge on any atom is -0.489 e. The molecular formula is C25H27N3O5. The molecule has 3 aliphatic heterocycles.